The van der Waals surface area contributed by atoms with Crippen molar-refractivity contribution in [3.05, 3.63) is 45.7 Å². The molecule has 0 saturated carbocycles. The second-order valence-electron chi connectivity index (χ2n) is 6.68. The van der Waals surface area contributed by atoms with Gasteiger partial charge in [0.1, 0.15) is 5.82 Å². The van der Waals surface area contributed by atoms with Gasteiger partial charge in [0.25, 0.3) is 5.56 Å². The third-order valence-corrected chi connectivity index (χ3v) is 5.57. The van der Waals surface area contributed by atoms with Gasteiger partial charge in [0.2, 0.25) is 11.8 Å². The molecule has 0 spiro atoms. The molecule has 1 atom stereocenters. The minimum Gasteiger partial charge on any atom is -0.326 e. The van der Waals surface area contributed by atoms with E-state index in [1.165, 1.54) is 11.8 Å². The van der Waals surface area contributed by atoms with Gasteiger partial charge in [-0.15, -0.1) is 0 Å². The van der Waals surface area contributed by atoms with E-state index in [-0.39, 0.29) is 35.2 Å². The zero-order valence-electron chi connectivity index (χ0n) is 16.0. The van der Waals surface area contributed by atoms with Crippen molar-refractivity contribution in [3.63, 3.8) is 0 Å². The fraction of sp³-hybridized carbons (Fsp3) is 0.400. The van der Waals surface area contributed by atoms with Crippen molar-refractivity contribution in [3.8, 4) is 0 Å². The summed E-state index contributed by atoms with van der Waals surface area (Å²) < 4.78 is 0. The zero-order chi connectivity index (χ0) is 20.1. The Morgan fingerprint density at radius 1 is 1.25 bits per heavy atom. The molecule has 1 unspecified atom stereocenters. The SMILES string of the molecule is CCCCSc1nc2c(c(=O)[nH]1)C(C(=O)Nc1ccc(CC)cc1)CC(=O)N2. The van der Waals surface area contributed by atoms with E-state index in [4.69, 9.17) is 0 Å². The number of amides is 2. The second-order valence-corrected chi connectivity index (χ2v) is 7.76. The first-order chi connectivity index (χ1) is 13.5. The molecule has 28 heavy (non-hydrogen) atoms. The summed E-state index contributed by atoms with van der Waals surface area (Å²) in [6.07, 6.45) is 2.86. The Morgan fingerprint density at radius 3 is 2.68 bits per heavy atom. The Labute approximate surface area is 167 Å². The van der Waals surface area contributed by atoms with Crippen molar-refractivity contribution < 1.29 is 9.59 Å². The molecule has 1 aliphatic rings. The van der Waals surface area contributed by atoms with Crippen LogP contribution in [0.4, 0.5) is 11.5 Å². The number of aromatic amines is 1. The fourth-order valence-electron chi connectivity index (χ4n) is 3.01. The van der Waals surface area contributed by atoms with Crippen molar-refractivity contribution in [2.45, 2.75) is 50.6 Å². The molecule has 3 rings (SSSR count). The fourth-order valence-corrected chi connectivity index (χ4v) is 3.96. The number of carbonyl (C=O) groups is 2. The lowest BCUT2D eigenvalue weighted by atomic mass is 9.92. The van der Waals surface area contributed by atoms with Crippen LogP contribution in [0.15, 0.2) is 34.2 Å². The van der Waals surface area contributed by atoms with Crippen molar-refractivity contribution in [2.75, 3.05) is 16.4 Å². The van der Waals surface area contributed by atoms with Crippen LogP contribution in [-0.2, 0) is 16.0 Å². The molecule has 3 N–H and O–H groups in total. The van der Waals surface area contributed by atoms with Crippen molar-refractivity contribution in [2.24, 2.45) is 0 Å². The van der Waals surface area contributed by atoms with E-state index < -0.39 is 5.92 Å². The number of fused-ring (bicyclic) bond motifs is 1. The lowest BCUT2D eigenvalue weighted by Crippen LogP contribution is -2.36. The Balaban J connectivity index is 1.83. The highest BCUT2D eigenvalue weighted by Gasteiger charge is 2.34. The van der Waals surface area contributed by atoms with Gasteiger partial charge in [0, 0.05) is 17.9 Å². The molecule has 1 aliphatic heterocycles. The summed E-state index contributed by atoms with van der Waals surface area (Å²) in [5, 5.41) is 5.89. The maximum atomic E-state index is 12.8. The predicted molar refractivity (Wildman–Crippen MR) is 111 cm³/mol. The van der Waals surface area contributed by atoms with Crippen LogP contribution in [0.5, 0.6) is 0 Å². The number of thioether (sulfide) groups is 1. The molecule has 0 fully saturated rings. The van der Waals surface area contributed by atoms with E-state index in [0.29, 0.717) is 10.8 Å². The van der Waals surface area contributed by atoms with Crippen molar-refractivity contribution >= 4 is 35.1 Å². The number of unbranched alkanes of at least 4 members (excludes halogenated alkanes) is 1. The topological polar surface area (TPSA) is 104 Å². The monoisotopic (exact) mass is 400 g/mol. The number of hydrogen-bond donors (Lipinski definition) is 3. The number of benzene rings is 1. The molecule has 0 aliphatic carbocycles. The van der Waals surface area contributed by atoms with Crippen LogP contribution in [0.25, 0.3) is 0 Å². The summed E-state index contributed by atoms with van der Waals surface area (Å²) in [6.45, 7) is 4.14. The summed E-state index contributed by atoms with van der Waals surface area (Å²) >= 11 is 1.43. The molecule has 2 aromatic rings. The second kappa shape index (κ2) is 9.05. The number of rotatable bonds is 7. The largest absolute Gasteiger partial charge is 0.326 e. The molecular weight excluding hydrogens is 376 g/mol. The molecule has 0 radical (unpaired) electrons. The molecule has 1 aromatic carbocycles. The Bertz CT molecular complexity index is 924. The number of aryl methyl sites for hydroxylation is 1. The molecule has 2 heterocycles. The maximum Gasteiger partial charge on any atom is 0.257 e. The average molecular weight is 401 g/mol. The van der Waals surface area contributed by atoms with E-state index in [2.05, 4.69) is 34.4 Å². The molecule has 1 aromatic heterocycles. The number of nitrogens with zero attached hydrogens (tertiary/aromatic N) is 1. The minimum atomic E-state index is -0.874. The van der Waals surface area contributed by atoms with Crippen LogP contribution in [0.1, 0.15) is 50.2 Å². The maximum absolute atomic E-state index is 12.8. The minimum absolute atomic E-state index is 0.0844. The first-order valence-electron chi connectivity index (χ1n) is 9.48. The number of carbonyl (C=O) groups excluding carboxylic acids is 2. The van der Waals surface area contributed by atoms with Gasteiger partial charge in [-0.1, -0.05) is 44.2 Å². The highest BCUT2D eigenvalue weighted by molar-refractivity contribution is 7.99. The highest BCUT2D eigenvalue weighted by atomic mass is 32.2. The van der Waals surface area contributed by atoms with Crippen molar-refractivity contribution in [1.29, 1.82) is 0 Å². The normalized spacial score (nSPS) is 15.6. The zero-order valence-corrected chi connectivity index (χ0v) is 16.8. The van der Waals surface area contributed by atoms with Gasteiger partial charge >= 0.3 is 0 Å². The highest BCUT2D eigenvalue weighted by Crippen LogP contribution is 2.30. The Kier molecular flexibility index (Phi) is 6.51. The smallest absolute Gasteiger partial charge is 0.257 e. The first kappa shape index (κ1) is 20.1. The van der Waals surface area contributed by atoms with Gasteiger partial charge in [-0.05, 0) is 30.5 Å². The first-order valence-corrected chi connectivity index (χ1v) is 10.5. The number of hydrogen-bond acceptors (Lipinski definition) is 5. The van der Waals surface area contributed by atoms with Gasteiger partial charge in [-0.2, -0.15) is 0 Å². The lowest BCUT2D eigenvalue weighted by Gasteiger charge is -2.23. The summed E-state index contributed by atoms with van der Waals surface area (Å²) in [5.41, 5.74) is 1.62. The Hall–Kier alpha value is -2.61. The average Bonchev–Trinajstić information content (AvgIpc) is 2.67. The van der Waals surface area contributed by atoms with Crippen LogP contribution in [0, 0.1) is 0 Å². The molecule has 7 nitrogen and oxygen atoms in total. The van der Waals surface area contributed by atoms with E-state index in [1.54, 1.807) is 0 Å². The van der Waals surface area contributed by atoms with Crippen LogP contribution in [0.3, 0.4) is 0 Å². The van der Waals surface area contributed by atoms with E-state index >= 15 is 0 Å². The number of aromatic nitrogens is 2. The predicted octanol–water partition coefficient (Wildman–Crippen LogP) is 3.29. The third kappa shape index (κ3) is 4.62. The number of H-pyrrole nitrogens is 1. The third-order valence-electron chi connectivity index (χ3n) is 4.61. The van der Waals surface area contributed by atoms with Crippen LogP contribution >= 0.6 is 11.8 Å². The molecule has 8 heteroatoms. The van der Waals surface area contributed by atoms with Crippen molar-refractivity contribution in [1.82, 2.24) is 9.97 Å². The standard InChI is InChI=1S/C20H24N4O3S/c1-3-5-10-28-20-23-17-16(19(27)24-20)14(11-15(25)22-17)18(26)21-13-8-6-12(4-2)7-9-13/h6-9,14H,3-5,10-11H2,1-2H3,(H,21,26)(H2,22,23,24,25,27). The summed E-state index contributed by atoms with van der Waals surface area (Å²) in [7, 11) is 0. The quantitative estimate of drug-likeness (QED) is 0.376. The molecular formula is C20H24N4O3S. The molecule has 148 valence electrons. The Morgan fingerprint density at radius 2 is 2.00 bits per heavy atom. The molecule has 2 amide bonds. The lowest BCUT2D eigenvalue weighted by molar-refractivity contribution is -0.123. The molecule has 0 bridgehead atoms. The van der Waals surface area contributed by atoms with Gasteiger partial charge in [0.15, 0.2) is 5.16 Å². The van der Waals surface area contributed by atoms with Gasteiger partial charge in [-0.25, -0.2) is 4.98 Å². The number of nitrogens with one attached hydrogen (secondary N) is 3. The summed E-state index contributed by atoms with van der Waals surface area (Å²) in [4.78, 5) is 44.6. The van der Waals surface area contributed by atoms with Crippen LogP contribution in [0.2, 0.25) is 0 Å². The van der Waals surface area contributed by atoms with E-state index in [9.17, 15) is 14.4 Å². The van der Waals surface area contributed by atoms with Gasteiger partial charge in [-0.3, -0.25) is 14.4 Å². The number of anilines is 2. The summed E-state index contributed by atoms with van der Waals surface area (Å²) in [5.74, 6) is -0.583. The van der Waals surface area contributed by atoms with E-state index in [1.807, 2.05) is 24.3 Å². The van der Waals surface area contributed by atoms with Gasteiger partial charge < -0.3 is 15.6 Å². The van der Waals surface area contributed by atoms with E-state index in [0.717, 1.165) is 30.6 Å². The van der Waals surface area contributed by atoms with Gasteiger partial charge in [0.05, 0.1) is 11.5 Å². The molecule has 0 saturated heterocycles. The summed E-state index contributed by atoms with van der Waals surface area (Å²) in [6, 6.07) is 7.50. The van der Waals surface area contributed by atoms with Crippen LogP contribution in [-0.4, -0.2) is 27.5 Å². The van der Waals surface area contributed by atoms with Crippen LogP contribution < -0.4 is 16.2 Å².